The van der Waals surface area contributed by atoms with Crippen molar-refractivity contribution in [3.05, 3.63) is 0 Å². The van der Waals surface area contributed by atoms with Gasteiger partial charge >= 0.3 is 0 Å². The van der Waals surface area contributed by atoms with Gasteiger partial charge in [-0.3, -0.25) is 4.90 Å². The van der Waals surface area contributed by atoms with Gasteiger partial charge in [-0.2, -0.15) is 0 Å². The summed E-state index contributed by atoms with van der Waals surface area (Å²) in [5.74, 6) is 0.724. The number of hydrogen-bond acceptors (Lipinski definition) is 3. The third kappa shape index (κ3) is 3.29. The molecule has 0 radical (unpaired) electrons. The Morgan fingerprint density at radius 3 is 2.59 bits per heavy atom. The first-order chi connectivity index (χ1) is 8.13. The van der Waals surface area contributed by atoms with Gasteiger partial charge in [-0.25, -0.2) is 0 Å². The van der Waals surface area contributed by atoms with E-state index in [2.05, 4.69) is 23.8 Å². The minimum atomic E-state index is -0.0341. The molecule has 2 unspecified atom stereocenters. The van der Waals surface area contributed by atoms with Crippen LogP contribution in [-0.4, -0.2) is 55.9 Å². The largest absolute Gasteiger partial charge is 0.304 e. The van der Waals surface area contributed by atoms with Crippen molar-refractivity contribution in [2.45, 2.75) is 32.6 Å². The summed E-state index contributed by atoms with van der Waals surface area (Å²) in [5.41, 5.74) is -0.0341. The molecule has 2 aliphatic rings. The first-order valence-electron chi connectivity index (χ1n) is 7.01. The lowest BCUT2D eigenvalue weighted by molar-refractivity contribution is -0.120. The van der Waals surface area contributed by atoms with Crippen molar-refractivity contribution in [3.8, 4) is 0 Å². The van der Waals surface area contributed by atoms with E-state index in [1.54, 1.807) is 0 Å². The number of nitrogens with zero attached hydrogens (tertiary/aromatic N) is 2. The molecular formula is C14H26N2O. The van der Waals surface area contributed by atoms with Crippen molar-refractivity contribution >= 4 is 6.29 Å². The Bertz CT molecular complexity index is 261. The standard InChI is InChI=1S/C14H26N2O/c1-13-4-3-5-14(10-13,12-17)11-16-8-6-15(2)7-9-16/h12-13H,3-11H2,1-2H3. The van der Waals surface area contributed by atoms with Gasteiger partial charge in [0, 0.05) is 38.1 Å². The number of carbonyl (C=O) groups is 1. The normalized spacial score (nSPS) is 36.9. The quantitative estimate of drug-likeness (QED) is 0.698. The zero-order valence-electron chi connectivity index (χ0n) is 11.3. The molecule has 1 aliphatic heterocycles. The zero-order chi connectivity index (χ0) is 12.3. The lowest BCUT2D eigenvalue weighted by Gasteiger charge is -2.41. The highest BCUT2D eigenvalue weighted by molar-refractivity contribution is 5.60. The second kappa shape index (κ2) is 5.49. The third-order valence-corrected chi connectivity index (χ3v) is 4.51. The second-order valence-electron chi connectivity index (χ2n) is 6.26. The molecule has 0 N–H and O–H groups in total. The number of hydrogen-bond donors (Lipinski definition) is 0. The average molecular weight is 238 g/mol. The monoisotopic (exact) mass is 238 g/mol. The Labute approximate surface area is 105 Å². The molecule has 1 heterocycles. The average Bonchev–Trinajstić information content (AvgIpc) is 2.32. The molecule has 3 heteroatoms. The molecule has 1 saturated heterocycles. The van der Waals surface area contributed by atoms with Gasteiger partial charge in [-0.05, 0) is 25.8 Å². The maximum atomic E-state index is 11.5. The molecule has 2 atom stereocenters. The summed E-state index contributed by atoms with van der Waals surface area (Å²) in [6, 6.07) is 0. The van der Waals surface area contributed by atoms with Gasteiger partial charge in [0.2, 0.25) is 0 Å². The summed E-state index contributed by atoms with van der Waals surface area (Å²) in [5, 5.41) is 0. The predicted molar refractivity (Wildman–Crippen MR) is 70.1 cm³/mol. The Balaban J connectivity index is 1.92. The van der Waals surface area contributed by atoms with Crippen LogP contribution in [0.3, 0.4) is 0 Å². The molecule has 1 saturated carbocycles. The molecule has 0 spiro atoms. The number of carbonyl (C=O) groups excluding carboxylic acids is 1. The Morgan fingerprint density at radius 2 is 2.00 bits per heavy atom. The minimum absolute atomic E-state index is 0.0341. The van der Waals surface area contributed by atoms with E-state index in [1.165, 1.54) is 19.1 Å². The van der Waals surface area contributed by atoms with Crippen LogP contribution in [0.25, 0.3) is 0 Å². The summed E-state index contributed by atoms with van der Waals surface area (Å²) in [6.07, 6.45) is 6.00. The summed E-state index contributed by atoms with van der Waals surface area (Å²) < 4.78 is 0. The van der Waals surface area contributed by atoms with Gasteiger partial charge in [0.25, 0.3) is 0 Å². The zero-order valence-corrected chi connectivity index (χ0v) is 11.3. The van der Waals surface area contributed by atoms with E-state index in [4.69, 9.17) is 0 Å². The molecule has 0 amide bonds. The van der Waals surface area contributed by atoms with Crippen molar-refractivity contribution in [3.63, 3.8) is 0 Å². The Morgan fingerprint density at radius 1 is 1.29 bits per heavy atom. The molecule has 2 rings (SSSR count). The molecule has 1 aliphatic carbocycles. The maximum absolute atomic E-state index is 11.5. The van der Waals surface area contributed by atoms with Crippen molar-refractivity contribution in [2.75, 3.05) is 39.8 Å². The van der Waals surface area contributed by atoms with Gasteiger partial charge in [0.05, 0.1) is 0 Å². The van der Waals surface area contributed by atoms with E-state index >= 15 is 0 Å². The molecule has 0 aromatic rings. The van der Waals surface area contributed by atoms with Crippen LogP contribution in [0.5, 0.6) is 0 Å². The minimum Gasteiger partial charge on any atom is -0.304 e. The van der Waals surface area contributed by atoms with Crippen LogP contribution in [0, 0.1) is 11.3 Å². The smallest absolute Gasteiger partial charge is 0.127 e. The highest BCUT2D eigenvalue weighted by Gasteiger charge is 2.36. The van der Waals surface area contributed by atoms with E-state index < -0.39 is 0 Å². The highest BCUT2D eigenvalue weighted by atomic mass is 16.1. The number of aldehydes is 1. The van der Waals surface area contributed by atoms with Crippen LogP contribution < -0.4 is 0 Å². The van der Waals surface area contributed by atoms with Gasteiger partial charge in [-0.15, -0.1) is 0 Å². The van der Waals surface area contributed by atoms with Crippen LogP contribution in [0.4, 0.5) is 0 Å². The van der Waals surface area contributed by atoms with E-state index in [9.17, 15) is 4.79 Å². The molecule has 2 fully saturated rings. The lowest BCUT2D eigenvalue weighted by Crippen LogP contribution is -2.50. The van der Waals surface area contributed by atoms with Crippen molar-refractivity contribution < 1.29 is 4.79 Å². The molecule has 98 valence electrons. The molecule has 0 aromatic heterocycles. The second-order valence-corrected chi connectivity index (χ2v) is 6.26. The maximum Gasteiger partial charge on any atom is 0.127 e. The molecule has 0 bridgehead atoms. The lowest BCUT2D eigenvalue weighted by atomic mass is 9.70. The van der Waals surface area contributed by atoms with Crippen LogP contribution in [0.2, 0.25) is 0 Å². The number of likely N-dealkylation sites (N-methyl/N-ethyl adjacent to an activating group) is 1. The van der Waals surface area contributed by atoms with Crippen LogP contribution in [-0.2, 0) is 4.79 Å². The van der Waals surface area contributed by atoms with E-state index in [0.29, 0.717) is 0 Å². The number of piperazine rings is 1. The van der Waals surface area contributed by atoms with Crippen LogP contribution in [0.15, 0.2) is 0 Å². The topological polar surface area (TPSA) is 23.6 Å². The molecule has 0 aromatic carbocycles. The van der Waals surface area contributed by atoms with E-state index in [-0.39, 0.29) is 5.41 Å². The van der Waals surface area contributed by atoms with Crippen molar-refractivity contribution in [1.82, 2.24) is 9.80 Å². The summed E-state index contributed by atoms with van der Waals surface area (Å²) in [7, 11) is 2.18. The van der Waals surface area contributed by atoms with Crippen LogP contribution in [0.1, 0.15) is 32.6 Å². The fraction of sp³-hybridized carbons (Fsp3) is 0.929. The first-order valence-corrected chi connectivity index (χ1v) is 7.01. The Kier molecular flexibility index (Phi) is 4.21. The molecule has 17 heavy (non-hydrogen) atoms. The highest BCUT2D eigenvalue weighted by Crippen LogP contribution is 2.38. The van der Waals surface area contributed by atoms with Gasteiger partial charge in [0.1, 0.15) is 6.29 Å². The number of rotatable bonds is 3. The van der Waals surface area contributed by atoms with E-state index in [0.717, 1.165) is 51.5 Å². The SMILES string of the molecule is CC1CCCC(C=O)(CN2CCN(C)CC2)C1. The molecule has 3 nitrogen and oxygen atoms in total. The van der Waals surface area contributed by atoms with Crippen molar-refractivity contribution in [1.29, 1.82) is 0 Å². The first kappa shape index (κ1) is 13.0. The third-order valence-electron chi connectivity index (χ3n) is 4.51. The van der Waals surface area contributed by atoms with Gasteiger partial charge < -0.3 is 9.69 Å². The Hall–Kier alpha value is -0.410. The fourth-order valence-corrected chi connectivity index (χ4v) is 3.44. The van der Waals surface area contributed by atoms with Gasteiger partial charge in [0.15, 0.2) is 0 Å². The fourth-order valence-electron chi connectivity index (χ4n) is 3.44. The van der Waals surface area contributed by atoms with Crippen LogP contribution >= 0.6 is 0 Å². The van der Waals surface area contributed by atoms with Crippen molar-refractivity contribution in [2.24, 2.45) is 11.3 Å². The summed E-state index contributed by atoms with van der Waals surface area (Å²) in [6.45, 7) is 7.83. The summed E-state index contributed by atoms with van der Waals surface area (Å²) in [4.78, 5) is 16.4. The van der Waals surface area contributed by atoms with E-state index in [1.807, 2.05) is 0 Å². The van der Waals surface area contributed by atoms with Gasteiger partial charge in [-0.1, -0.05) is 19.8 Å². The molecular weight excluding hydrogens is 212 g/mol. The predicted octanol–water partition coefficient (Wildman–Crippen LogP) is 1.63. The summed E-state index contributed by atoms with van der Waals surface area (Å²) >= 11 is 0.